The molecule has 29 heavy (non-hydrogen) atoms. The molecule has 0 saturated carbocycles. The number of hydrogen-bond acceptors (Lipinski definition) is 6. The molecule has 0 fully saturated rings. The third-order valence-electron chi connectivity index (χ3n) is 5.08. The monoisotopic (exact) mass is 395 g/mol. The van der Waals surface area contributed by atoms with Crippen LogP contribution in [0.5, 0.6) is 5.75 Å². The number of nitrogens with one attached hydrogen (secondary N) is 1. The van der Waals surface area contributed by atoms with Gasteiger partial charge in [-0.1, -0.05) is 6.42 Å². The number of aromatic nitrogens is 3. The molecule has 1 aromatic carbocycles. The van der Waals surface area contributed by atoms with Gasteiger partial charge in [0.1, 0.15) is 17.1 Å². The summed E-state index contributed by atoms with van der Waals surface area (Å²) in [5.74, 6) is 0.872. The van der Waals surface area contributed by atoms with Crippen LogP contribution in [0, 0.1) is 17.0 Å². The Hall–Kier alpha value is -3.49. The highest BCUT2D eigenvalue weighted by Gasteiger charge is 2.22. The molecule has 1 aliphatic rings. The lowest BCUT2D eigenvalue weighted by Gasteiger charge is -2.11. The first-order valence-electron chi connectivity index (χ1n) is 9.48. The van der Waals surface area contributed by atoms with Gasteiger partial charge in [-0.2, -0.15) is 0 Å². The van der Waals surface area contributed by atoms with Crippen molar-refractivity contribution >= 4 is 28.4 Å². The number of nitro benzene ring substituents is 1. The van der Waals surface area contributed by atoms with E-state index in [-0.39, 0.29) is 11.4 Å². The van der Waals surface area contributed by atoms with Crippen LogP contribution in [0.2, 0.25) is 0 Å². The number of carbonyl (C=O) groups is 1. The Morgan fingerprint density at radius 2 is 2.07 bits per heavy atom. The lowest BCUT2D eigenvalue weighted by atomic mass is 10.1. The number of ether oxygens (including phenoxy) is 1. The fraction of sp³-hybridized carbons (Fsp3) is 0.350. The van der Waals surface area contributed by atoms with Gasteiger partial charge in [-0.15, -0.1) is 0 Å². The molecule has 1 amide bonds. The van der Waals surface area contributed by atoms with E-state index in [1.165, 1.54) is 25.3 Å². The van der Waals surface area contributed by atoms with Crippen molar-refractivity contribution in [1.29, 1.82) is 0 Å². The van der Waals surface area contributed by atoms with Gasteiger partial charge in [-0.25, -0.2) is 9.97 Å². The molecular weight excluding hydrogens is 374 g/mol. The number of benzene rings is 1. The summed E-state index contributed by atoms with van der Waals surface area (Å²) >= 11 is 0. The van der Waals surface area contributed by atoms with Gasteiger partial charge in [-0.05, 0) is 31.9 Å². The van der Waals surface area contributed by atoms with Gasteiger partial charge in [0, 0.05) is 30.8 Å². The maximum Gasteiger partial charge on any atom is 0.271 e. The van der Waals surface area contributed by atoms with Crippen LogP contribution in [0.15, 0.2) is 24.3 Å². The number of amides is 1. The summed E-state index contributed by atoms with van der Waals surface area (Å²) < 4.78 is 7.34. The van der Waals surface area contributed by atoms with Crippen LogP contribution in [0.3, 0.4) is 0 Å². The van der Waals surface area contributed by atoms with Crippen molar-refractivity contribution < 1.29 is 14.5 Å². The summed E-state index contributed by atoms with van der Waals surface area (Å²) in [4.78, 5) is 33.0. The van der Waals surface area contributed by atoms with Crippen molar-refractivity contribution in [2.45, 2.75) is 39.2 Å². The van der Waals surface area contributed by atoms with Gasteiger partial charge in [0.2, 0.25) is 0 Å². The summed E-state index contributed by atoms with van der Waals surface area (Å²) in [5.41, 5.74) is 2.45. The molecule has 4 rings (SSSR count). The molecule has 9 nitrogen and oxygen atoms in total. The van der Waals surface area contributed by atoms with Crippen LogP contribution in [-0.2, 0) is 13.0 Å². The second kappa shape index (κ2) is 7.50. The first-order chi connectivity index (χ1) is 14.0. The maximum atomic E-state index is 13.1. The van der Waals surface area contributed by atoms with Gasteiger partial charge in [0.25, 0.3) is 11.6 Å². The van der Waals surface area contributed by atoms with E-state index < -0.39 is 10.8 Å². The normalized spacial score (nSPS) is 13.6. The first kappa shape index (κ1) is 18.9. The molecule has 0 radical (unpaired) electrons. The summed E-state index contributed by atoms with van der Waals surface area (Å²) in [6, 6.07) is 5.76. The zero-order valence-corrected chi connectivity index (χ0v) is 16.3. The second-order valence-corrected chi connectivity index (χ2v) is 7.07. The van der Waals surface area contributed by atoms with E-state index in [4.69, 9.17) is 9.72 Å². The van der Waals surface area contributed by atoms with E-state index in [9.17, 15) is 14.9 Å². The Bertz CT molecular complexity index is 1120. The number of imidazole rings is 1. The number of rotatable bonds is 4. The average Bonchev–Trinajstić information content (AvgIpc) is 2.88. The Labute approximate surface area is 166 Å². The quantitative estimate of drug-likeness (QED) is 0.533. The van der Waals surface area contributed by atoms with Gasteiger partial charge >= 0.3 is 0 Å². The Kier molecular flexibility index (Phi) is 4.87. The van der Waals surface area contributed by atoms with Gasteiger partial charge in [0.15, 0.2) is 5.65 Å². The van der Waals surface area contributed by atoms with Crippen LogP contribution in [0.25, 0.3) is 11.2 Å². The third kappa shape index (κ3) is 3.51. The predicted molar refractivity (Wildman–Crippen MR) is 107 cm³/mol. The predicted octanol–water partition coefficient (Wildman–Crippen LogP) is 3.64. The summed E-state index contributed by atoms with van der Waals surface area (Å²) in [5, 5.41) is 13.8. The smallest absolute Gasteiger partial charge is 0.271 e. The topological polar surface area (TPSA) is 112 Å². The summed E-state index contributed by atoms with van der Waals surface area (Å²) in [6.45, 7) is 2.67. The molecule has 0 spiro atoms. The fourth-order valence-electron chi connectivity index (χ4n) is 3.69. The highest BCUT2D eigenvalue weighted by molar-refractivity contribution is 6.11. The number of aryl methyl sites for hydroxylation is 3. The van der Waals surface area contributed by atoms with Crippen LogP contribution >= 0.6 is 0 Å². The minimum Gasteiger partial charge on any atom is -0.495 e. The molecule has 150 valence electrons. The molecule has 0 aliphatic carbocycles. The zero-order chi connectivity index (χ0) is 20.5. The van der Waals surface area contributed by atoms with E-state index in [0.717, 1.165) is 38.1 Å². The van der Waals surface area contributed by atoms with Gasteiger partial charge < -0.3 is 14.6 Å². The SMILES string of the molecule is COc1ccc([N+](=O)[O-])cc1NC(=O)c1cc(C)nc2c1nc1n2CCCCC1. The standard InChI is InChI=1S/C20H21N5O4/c1-12-10-14(18-19(21-12)24-9-5-3-4-6-17(24)23-18)20(26)22-15-11-13(25(27)28)7-8-16(15)29-2/h7-8,10-11H,3-6,9H2,1-2H3,(H,22,26). The van der Waals surface area contributed by atoms with Crippen LogP contribution in [0.1, 0.15) is 41.1 Å². The second-order valence-electron chi connectivity index (χ2n) is 7.07. The largest absolute Gasteiger partial charge is 0.495 e. The van der Waals surface area contributed by atoms with Gasteiger partial charge in [-0.3, -0.25) is 14.9 Å². The lowest BCUT2D eigenvalue weighted by Crippen LogP contribution is -2.14. The van der Waals surface area contributed by atoms with E-state index >= 15 is 0 Å². The van der Waals surface area contributed by atoms with Crippen molar-refractivity contribution in [3.05, 3.63) is 51.5 Å². The van der Waals surface area contributed by atoms with Crippen molar-refractivity contribution in [3.8, 4) is 5.75 Å². The average molecular weight is 395 g/mol. The maximum absolute atomic E-state index is 13.1. The van der Waals surface area contributed by atoms with Crippen LogP contribution in [0.4, 0.5) is 11.4 Å². The molecule has 0 saturated heterocycles. The molecule has 2 aromatic heterocycles. The molecule has 3 aromatic rings. The number of methoxy groups -OCH3 is 1. The summed E-state index contributed by atoms with van der Waals surface area (Å²) in [6.07, 6.45) is 4.13. The fourth-order valence-corrected chi connectivity index (χ4v) is 3.69. The molecule has 0 unspecified atom stereocenters. The number of pyridine rings is 1. The van der Waals surface area contributed by atoms with Crippen molar-refractivity contribution in [2.75, 3.05) is 12.4 Å². The number of nitro groups is 1. The Balaban J connectivity index is 1.76. The Morgan fingerprint density at radius 1 is 1.24 bits per heavy atom. The zero-order valence-electron chi connectivity index (χ0n) is 16.3. The van der Waals surface area contributed by atoms with Crippen molar-refractivity contribution in [2.24, 2.45) is 0 Å². The number of anilines is 1. The molecule has 3 heterocycles. The van der Waals surface area contributed by atoms with Crippen molar-refractivity contribution in [1.82, 2.24) is 14.5 Å². The molecule has 0 atom stereocenters. The van der Waals surface area contributed by atoms with Gasteiger partial charge in [0.05, 0.1) is 23.3 Å². The van der Waals surface area contributed by atoms with Crippen LogP contribution < -0.4 is 10.1 Å². The number of carbonyl (C=O) groups excluding carboxylic acids is 1. The van der Waals surface area contributed by atoms with Crippen molar-refractivity contribution in [3.63, 3.8) is 0 Å². The van der Waals surface area contributed by atoms with Crippen LogP contribution in [-0.4, -0.2) is 32.5 Å². The van der Waals surface area contributed by atoms with E-state index in [2.05, 4.69) is 14.9 Å². The molecule has 1 aliphatic heterocycles. The number of nitrogens with zero attached hydrogens (tertiary/aromatic N) is 4. The van der Waals surface area contributed by atoms with E-state index in [0.29, 0.717) is 28.2 Å². The minimum atomic E-state index is -0.518. The number of non-ortho nitro benzene ring substituents is 1. The third-order valence-corrected chi connectivity index (χ3v) is 5.08. The summed E-state index contributed by atoms with van der Waals surface area (Å²) in [7, 11) is 1.44. The highest BCUT2D eigenvalue weighted by atomic mass is 16.6. The van der Waals surface area contributed by atoms with E-state index in [1.54, 1.807) is 6.07 Å². The first-order valence-corrected chi connectivity index (χ1v) is 9.48. The lowest BCUT2D eigenvalue weighted by molar-refractivity contribution is -0.384. The van der Waals surface area contributed by atoms with E-state index in [1.807, 2.05) is 6.92 Å². The molecule has 0 bridgehead atoms. The molecular formula is C20H21N5O4. The number of hydrogen-bond donors (Lipinski definition) is 1. The molecule has 9 heteroatoms. The number of fused-ring (bicyclic) bond motifs is 3. The Morgan fingerprint density at radius 3 is 2.83 bits per heavy atom. The molecule has 1 N–H and O–H groups in total. The highest BCUT2D eigenvalue weighted by Crippen LogP contribution is 2.30. The minimum absolute atomic E-state index is 0.133.